The normalized spacial score (nSPS) is 40.7. The van der Waals surface area contributed by atoms with Crippen LogP contribution in [0.25, 0.3) is 0 Å². The van der Waals surface area contributed by atoms with E-state index in [2.05, 4.69) is 0 Å². The summed E-state index contributed by atoms with van der Waals surface area (Å²) in [5, 5.41) is 23.7. The standard InChI is InChI=1S/C27H38O9/c1-6-16(2)23(31)36-21-12-24(4,32)25(5,20(29)10-18-11-22(30)33-13-18)19-8-7-9-26(14-35-26)27(19,21)15-34-17(3)28/h6,11,19-21,29,32H,7-10,12-15H2,1-5H3/b16-6+/t19-,20+,21+,24+,25+,26+,27+/m1/s1. The minimum absolute atomic E-state index is 0.0284. The van der Waals surface area contributed by atoms with E-state index in [9.17, 15) is 24.6 Å². The van der Waals surface area contributed by atoms with Gasteiger partial charge in [0.15, 0.2) is 0 Å². The second-order valence-electron chi connectivity index (χ2n) is 11.3. The summed E-state index contributed by atoms with van der Waals surface area (Å²) in [6.45, 7) is 8.72. The first-order valence-electron chi connectivity index (χ1n) is 12.7. The Bertz CT molecular complexity index is 991. The molecule has 36 heavy (non-hydrogen) atoms. The van der Waals surface area contributed by atoms with Gasteiger partial charge in [-0.15, -0.1) is 0 Å². The van der Waals surface area contributed by atoms with Crippen molar-refractivity contribution < 1.29 is 43.5 Å². The summed E-state index contributed by atoms with van der Waals surface area (Å²) >= 11 is 0. The number of aliphatic hydroxyl groups excluding tert-OH is 1. The van der Waals surface area contributed by atoms with E-state index in [1.165, 1.54) is 13.0 Å². The lowest BCUT2D eigenvalue weighted by molar-refractivity contribution is -0.286. The molecule has 9 nitrogen and oxygen atoms in total. The van der Waals surface area contributed by atoms with Gasteiger partial charge >= 0.3 is 17.9 Å². The highest BCUT2D eigenvalue weighted by atomic mass is 16.6. The van der Waals surface area contributed by atoms with Crippen molar-refractivity contribution in [2.24, 2.45) is 16.7 Å². The van der Waals surface area contributed by atoms with Crippen molar-refractivity contribution in [3.63, 3.8) is 0 Å². The molecule has 1 saturated heterocycles. The van der Waals surface area contributed by atoms with Crippen LogP contribution >= 0.6 is 0 Å². The van der Waals surface area contributed by atoms with E-state index in [-0.39, 0.29) is 26.1 Å². The lowest BCUT2D eigenvalue weighted by Gasteiger charge is -2.66. The summed E-state index contributed by atoms with van der Waals surface area (Å²) < 4.78 is 22.8. The number of carbonyl (C=O) groups is 3. The fourth-order valence-electron chi connectivity index (χ4n) is 7.01. The van der Waals surface area contributed by atoms with Gasteiger partial charge in [-0.05, 0) is 51.5 Å². The number of hydrogen-bond acceptors (Lipinski definition) is 9. The summed E-state index contributed by atoms with van der Waals surface area (Å²) in [6.07, 6.45) is 3.46. The number of hydrogen-bond donors (Lipinski definition) is 2. The topological polar surface area (TPSA) is 132 Å². The molecule has 4 rings (SSSR count). The number of aliphatic hydroxyl groups is 2. The predicted molar refractivity (Wildman–Crippen MR) is 127 cm³/mol. The van der Waals surface area contributed by atoms with Crippen LogP contribution in [0.3, 0.4) is 0 Å². The van der Waals surface area contributed by atoms with Gasteiger partial charge in [0, 0.05) is 30.4 Å². The number of esters is 3. The fraction of sp³-hybridized carbons (Fsp3) is 0.741. The lowest BCUT2D eigenvalue weighted by Crippen LogP contribution is -2.74. The van der Waals surface area contributed by atoms with Gasteiger partial charge in [0.1, 0.15) is 24.9 Å². The first kappa shape index (κ1) is 26.8. The van der Waals surface area contributed by atoms with Gasteiger partial charge in [0.25, 0.3) is 0 Å². The average molecular weight is 507 g/mol. The largest absolute Gasteiger partial charge is 0.465 e. The molecule has 0 bridgehead atoms. The molecule has 2 heterocycles. The minimum Gasteiger partial charge on any atom is -0.465 e. The quantitative estimate of drug-likeness (QED) is 0.231. The van der Waals surface area contributed by atoms with Crippen molar-refractivity contribution in [2.75, 3.05) is 19.8 Å². The van der Waals surface area contributed by atoms with E-state index >= 15 is 0 Å². The summed E-state index contributed by atoms with van der Waals surface area (Å²) in [7, 11) is 0. The Hall–Kier alpha value is -2.23. The molecule has 0 radical (unpaired) electrons. The van der Waals surface area contributed by atoms with Gasteiger partial charge in [0.2, 0.25) is 0 Å². The molecular formula is C27H38O9. The van der Waals surface area contributed by atoms with Crippen molar-refractivity contribution >= 4 is 17.9 Å². The molecule has 2 N–H and O–H groups in total. The molecule has 4 aliphatic rings. The first-order valence-corrected chi connectivity index (χ1v) is 12.7. The van der Waals surface area contributed by atoms with Gasteiger partial charge < -0.3 is 29.2 Å². The molecule has 0 aromatic carbocycles. The summed E-state index contributed by atoms with van der Waals surface area (Å²) in [5.74, 6) is -1.83. The zero-order valence-corrected chi connectivity index (χ0v) is 21.8. The van der Waals surface area contributed by atoms with Crippen LogP contribution in [0.5, 0.6) is 0 Å². The zero-order valence-electron chi connectivity index (χ0n) is 21.8. The van der Waals surface area contributed by atoms with Crippen LogP contribution < -0.4 is 0 Å². The number of ether oxygens (including phenoxy) is 4. The Morgan fingerprint density at radius 3 is 2.56 bits per heavy atom. The summed E-state index contributed by atoms with van der Waals surface area (Å²) in [5.41, 5.74) is -3.12. The number of epoxide rings is 1. The monoisotopic (exact) mass is 506 g/mol. The Balaban J connectivity index is 1.82. The maximum Gasteiger partial charge on any atom is 0.333 e. The predicted octanol–water partition coefficient (Wildman–Crippen LogP) is 2.38. The smallest absolute Gasteiger partial charge is 0.333 e. The van der Waals surface area contributed by atoms with E-state index in [0.717, 1.165) is 6.42 Å². The van der Waals surface area contributed by atoms with E-state index in [1.54, 1.807) is 26.8 Å². The molecule has 1 spiro atoms. The Morgan fingerprint density at radius 1 is 1.31 bits per heavy atom. The Kier molecular flexibility index (Phi) is 6.90. The Labute approximate surface area is 211 Å². The van der Waals surface area contributed by atoms with Gasteiger partial charge in [-0.25, -0.2) is 9.59 Å². The molecule has 2 saturated carbocycles. The molecule has 0 aromatic heterocycles. The molecule has 200 valence electrons. The molecule has 0 aromatic rings. The van der Waals surface area contributed by atoms with Crippen molar-refractivity contribution in [1.29, 1.82) is 0 Å². The molecule has 9 heteroatoms. The maximum atomic E-state index is 13.0. The van der Waals surface area contributed by atoms with E-state index in [4.69, 9.17) is 18.9 Å². The fourth-order valence-corrected chi connectivity index (χ4v) is 7.01. The average Bonchev–Trinajstić information content (AvgIpc) is 3.47. The number of cyclic esters (lactones) is 1. The molecule has 2 aliphatic carbocycles. The number of allylic oxidation sites excluding steroid dienone is 1. The molecular weight excluding hydrogens is 468 g/mol. The van der Waals surface area contributed by atoms with Crippen LogP contribution in [0.15, 0.2) is 23.3 Å². The Morgan fingerprint density at radius 2 is 2.00 bits per heavy atom. The highest BCUT2D eigenvalue weighted by Gasteiger charge is 2.78. The molecule has 3 fully saturated rings. The minimum atomic E-state index is -1.46. The maximum absolute atomic E-state index is 13.0. The number of fused-ring (bicyclic) bond motifs is 2. The highest BCUT2D eigenvalue weighted by Crippen LogP contribution is 2.70. The third-order valence-corrected chi connectivity index (χ3v) is 9.47. The zero-order chi connectivity index (χ0) is 26.5. The lowest BCUT2D eigenvalue weighted by atomic mass is 9.41. The molecule has 2 aliphatic heterocycles. The summed E-state index contributed by atoms with van der Waals surface area (Å²) in [6, 6.07) is 0. The first-order chi connectivity index (χ1) is 16.8. The van der Waals surface area contributed by atoms with Crippen LogP contribution in [-0.2, 0) is 33.3 Å². The van der Waals surface area contributed by atoms with Crippen LogP contribution in [0.1, 0.15) is 66.7 Å². The second-order valence-corrected chi connectivity index (χ2v) is 11.3. The van der Waals surface area contributed by atoms with Gasteiger partial charge in [-0.3, -0.25) is 4.79 Å². The summed E-state index contributed by atoms with van der Waals surface area (Å²) in [4.78, 5) is 36.6. The third kappa shape index (κ3) is 4.09. The van der Waals surface area contributed by atoms with E-state index in [1.807, 2.05) is 6.92 Å². The highest BCUT2D eigenvalue weighted by molar-refractivity contribution is 5.87. The van der Waals surface area contributed by atoms with Crippen molar-refractivity contribution in [3.8, 4) is 0 Å². The van der Waals surface area contributed by atoms with Crippen LogP contribution in [-0.4, -0.2) is 71.4 Å². The number of rotatable bonds is 7. The van der Waals surface area contributed by atoms with Crippen LogP contribution in [0.2, 0.25) is 0 Å². The van der Waals surface area contributed by atoms with Crippen molar-refractivity contribution in [3.05, 3.63) is 23.3 Å². The van der Waals surface area contributed by atoms with Crippen LogP contribution in [0, 0.1) is 16.7 Å². The van der Waals surface area contributed by atoms with Gasteiger partial charge in [0.05, 0.1) is 23.7 Å². The molecule has 0 amide bonds. The SMILES string of the molecule is C/C=C(\C)C(=O)O[C@H]1C[C@](C)(O)[C@](C)([C@@H](O)CC2=CC(=O)OC2)[C@H]2CCC[C@]3(CO3)[C@]12COC(C)=O. The van der Waals surface area contributed by atoms with Gasteiger partial charge in [-0.1, -0.05) is 19.4 Å². The van der Waals surface area contributed by atoms with E-state index in [0.29, 0.717) is 30.6 Å². The van der Waals surface area contributed by atoms with Crippen molar-refractivity contribution in [2.45, 2.75) is 90.1 Å². The van der Waals surface area contributed by atoms with Crippen LogP contribution in [0.4, 0.5) is 0 Å². The molecule has 0 unspecified atom stereocenters. The van der Waals surface area contributed by atoms with Crippen molar-refractivity contribution in [1.82, 2.24) is 0 Å². The van der Waals surface area contributed by atoms with E-state index < -0.39 is 58.1 Å². The third-order valence-electron chi connectivity index (χ3n) is 9.47. The number of carbonyl (C=O) groups excluding carboxylic acids is 3. The molecule has 7 atom stereocenters. The van der Waals surface area contributed by atoms with Gasteiger partial charge in [-0.2, -0.15) is 0 Å². The second kappa shape index (κ2) is 9.26.